The monoisotopic (exact) mass is 358 g/mol. The van der Waals surface area contributed by atoms with Crippen molar-refractivity contribution in [3.8, 4) is 11.5 Å². The third-order valence-electron chi connectivity index (χ3n) is 4.40. The molecule has 1 amide bonds. The largest absolute Gasteiger partial charge is 0.491 e. The molecule has 6 nitrogen and oxygen atoms in total. The van der Waals surface area contributed by atoms with Crippen LogP contribution in [0.25, 0.3) is 0 Å². The number of rotatable bonds is 7. The summed E-state index contributed by atoms with van der Waals surface area (Å²) in [6, 6.07) is 9.49. The second-order valence-corrected chi connectivity index (χ2v) is 7.12. The maximum atomic E-state index is 11.1. The van der Waals surface area contributed by atoms with E-state index in [1.807, 2.05) is 51.1 Å². The molecule has 1 aromatic carbocycles. The minimum absolute atomic E-state index is 0.0858. The summed E-state index contributed by atoms with van der Waals surface area (Å²) >= 11 is 0. The molecule has 1 N–H and O–H groups in total. The first-order valence-electron chi connectivity index (χ1n) is 9.07. The molecule has 1 aromatic heterocycles. The number of benzene rings is 1. The number of nitrogens with zero attached hydrogens (tertiary/aromatic N) is 1. The minimum Gasteiger partial charge on any atom is -0.491 e. The van der Waals surface area contributed by atoms with E-state index < -0.39 is 0 Å². The minimum atomic E-state index is -0.174. The maximum Gasteiger partial charge on any atom is 0.217 e. The van der Waals surface area contributed by atoms with Crippen molar-refractivity contribution < 1.29 is 18.8 Å². The summed E-state index contributed by atoms with van der Waals surface area (Å²) in [7, 11) is 0. The van der Waals surface area contributed by atoms with Gasteiger partial charge < -0.3 is 19.3 Å². The quantitative estimate of drug-likeness (QED) is 0.810. The molecule has 1 aliphatic rings. The molecule has 0 aliphatic heterocycles. The first kappa shape index (κ1) is 18.3. The normalized spacial score (nSPS) is 20.3. The van der Waals surface area contributed by atoms with Gasteiger partial charge in [0.05, 0.1) is 23.9 Å². The van der Waals surface area contributed by atoms with E-state index in [4.69, 9.17) is 14.0 Å². The Kier molecular flexibility index (Phi) is 5.49. The molecule has 1 aliphatic carbocycles. The predicted molar refractivity (Wildman–Crippen MR) is 97.3 cm³/mol. The Balaban J connectivity index is 1.48. The van der Waals surface area contributed by atoms with E-state index in [1.54, 1.807) is 0 Å². The van der Waals surface area contributed by atoms with Crippen molar-refractivity contribution in [2.75, 3.05) is 0 Å². The topological polar surface area (TPSA) is 73.6 Å². The van der Waals surface area contributed by atoms with Crippen LogP contribution in [-0.4, -0.2) is 23.3 Å². The van der Waals surface area contributed by atoms with Gasteiger partial charge in [-0.3, -0.25) is 4.79 Å². The highest BCUT2D eigenvalue weighted by atomic mass is 16.5. The highest BCUT2D eigenvalue weighted by molar-refractivity contribution is 5.73. The van der Waals surface area contributed by atoms with Crippen molar-refractivity contribution in [3.63, 3.8) is 0 Å². The molecule has 6 heteroatoms. The lowest BCUT2D eigenvalue weighted by Gasteiger charge is -2.34. The van der Waals surface area contributed by atoms with Crippen LogP contribution in [-0.2, 0) is 4.79 Å². The van der Waals surface area contributed by atoms with Crippen LogP contribution in [0.2, 0.25) is 0 Å². The Bertz CT molecular complexity index is 733. The lowest BCUT2D eigenvalue weighted by Crippen LogP contribution is -2.32. The zero-order valence-electron chi connectivity index (χ0n) is 15.7. The lowest BCUT2D eigenvalue weighted by atomic mass is 9.80. The summed E-state index contributed by atoms with van der Waals surface area (Å²) in [5.41, 5.74) is 0.928. The Morgan fingerprint density at radius 1 is 1.19 bits per heavy atom. The molecule has 2 aromatic rings. The maximum absolute atomic E-state index is 11.1. The summed E-state index contributed by atoms with van der Waals surface area (Å²) in [5, 5.41) is 6.95. The molecule has 0 unspecified atom stereocenters. The zero-order chi connectivity index (χ0) is 18.7. The molecular formula is C20H26N2O4. The summed E-state index contributed by atoms with van der Waals surface area (Å²) in [6.07, 6.45) is 2.16. The second-order valence-electron chi connectivity index (χ2n) is 7.12. The Morgan fingerprint density at radius 2 is 1.85 bits per heavy atom. The lowest BCUT2D eigenvalue weighted by molar-refractivity contribution is -0.119. The fourth-order valence-corrected chi connectivity index (χ4v) is 3.04. The van der Waals surface area contributed by atoms with Crippen molar-refractivity contribution in [1.82, 2.24) is 10.5 Å². The van der Waals surface area contributed by atoms with E-state index in [9.17, 15) is 4.79 Å². The van der Waals surface area contributed by atoms with Crippen LogP contribution in [0.4, 0.5) is 0 Å². The Hall–Kier alpha value is -2.50. The molecule has 140 valence electrons. The number of nitrogens with one attached hydrogen (secondary N) is 1. The van der Waals surface area contributed by atoms with Crippen molar-refractivity contribution in [2.45, 2.75) is 64.7 Å². The average Bonchev–Trinajstić information content (AvgIpc) is 3.00. The molecule has 0 radical (unpaired) electrons. The van der Waals surface area contributed by atoms with Crippen LogP contribution >= 0.6 is 0 Å². The van der Waals surface area contributed by atoms with E-state index in [0.717, 1.165) is 30.0 Å². The number of hydrogen-bond donors (Lipinski definition) is 1. The van der Waals surface area contributed by atoms with Crippen LogP contribution in [0.15, 0.2) is 34.9 Å². The van der Waals surface area contributed by atoms with Crippen molar-refractivity contribution in [3.05, 3.63) is 41.8 Å². The molecular weight excluding hydrogens is 332 g/mol. The number of carbonyl (C=O) groups excluding carboxylic acids is 1. The first-order valence-corrected chi connectivity index (χ1v) is 9.07. The summed E-state index contributed by atoms with van der Waals surface area (Å²) < 4.78 is 17.0. The van der Waals surface area contributed by atoms with Gasteiger partial charge in [0.15, 0.2) is 5.76 Å². The van der Waals surface area contributed by atoms with Gasteiger partial charge >= 0.3 is 0 Å². The standard InChI is InChI=1S/C20H26N2O4/c1-12(2)24-16-5-7-17(8-6-16)25-18-9-15(10-18)19-11-20(26-22-19)13(3)21-14(4)23/h5-8,11-13,15,18H,9-10H2,1-4H3,(H,21,23)/t13-,15?,18?/m0/s1. The van der Waals surface area contributed by atoms with Gasteiger partial charge in [-0.2, -0.15) is 0 Å². The highest BCUT2D eigenvalue weighted by Crippen LogP contribution is 2.39. The average molecular weight is 358 g/mol. The summed E-state index contributed by atoms with van der Waals surface area (Å²) in [4.78, 5) is 11.1. The van der Waals surface area contributed by atoms with E-state index in [2.05, 4.69) is 10.5 Å². The molecule has 26 heavy (non-hydrogen) atoms. The van der Waals surface area contributed by atoms with Crippen molar-refractivity contribution in [2.24, 2.45) is 0 Å². The van der Waals surface area contributed by atoms with Crippen molar-refractivity contribution in [1.29, 1.82) is 0 Å². The molecule has 0 saturated heterocycles. The molecule has 1 atom stereocenters. The van der Waals surface area contributed by atoms with E-state index in [0.29, 0.717) is 11.7 Å². The van der Waals surface area contributed by atoms with Crippen LogP contribution in [0, 0.1) is 0 Å². The van der Waals surface area contributed by atoms with Gasteiger partial charge in [-0.15, -0.1) is 0 Å². The molecule has 3 rings (SSSR count). The van der Waals surface area contributed by atoms with Crippen LogP contribution in [0.5, 0.6) is 11.5 Å². The molecule has 1 fully saturated rings. The molecule has 1 heterocycles. The summed E-state index contributed by atoms with van der Waals surface area (Å²) in [5.74, 6) is 2.63. The van der Waals surface area contributed by atoms with Gasteiger partial charge in [-0.1, -0.05) is 5.16 Å². The van der Waals surface area contributed by atoms with Crippen LogP contribution in [0.3, 0.4) is 0 Å². The second kappa shape index (κ2) is 7.81. The van der Waals surface area contributed by atoms with E-state index >= 15 is 0 Å². The van der Waals surface area contributed by atoms with Gasteiger partial charge in [-0.05, 0) is 57.9 Å². The number of ether oxygens (including phenoxy) is 2. The number of hydrogen-bond acceptors (Lipinski definition) is 5. The Labute approximate surface area is 153 Å². The Morgan fingerprint density at radius 3 is 2.46 bits per heavy atom. The number of aromatic nitrogens is 1. The van der Waals surface area contributed by atoms with Gasteiger partial charge in [-0.25, -0.2) is 0 Å². The van der Waals surface area contributed by atoms with Crippen LogP contribution in [0.1, 0.15) is 64.0 Å². The van der Waals surface area contributed by atoms with E-state index in [1.165, 1.54) is 6.92 Å². The smallest absolute Gasteiger partial charge is 0.217 e. The third kappa shape index (κ3) is 4.56. The molecule has 0 bridgehead atoms. The highest BCUT2D eigenvalue weighted by Gasteiger charge is 2.34. The van der Waals surface area contributed by atoms with Gasteiger partial charge in [0.2, 0.25) is 5.91 Å². The number of amides is 1. The zero-order valence-corrected chi connectivity index (χ0v) is 15.7. The molecule has 1 saturated carbocycles. The summed E-state index contributed by atoms with van der Waals surface area (Å²) in [6.45, 7) is 7.38. The van der Waals surface area contributed by atoms with E-state index in [-0.39, 0.29) is 24.2 Å². The molecule has 0 spiro atoms. The van der Waals surface area contributed by atoms with Crippen LogP contribution < -0.4 is 14.8 Å². The number of carbonyl (C=O) groups is 1. The van der Waals surface area contributed by atoms with Crippen molar-refractivity contribution >= 4 is 5.91 Å². The van der Waals surface area contributed by atoms with Gasteiger partial charge in [0, 0.05) is 18.9 Å². The fourth-order valence-electron chi connectivity index (χ4n) is 3.04. The first-order chi connectivity index (χ1) is 12.4. The predicted octanol–water partition coefficient (Wildman–Crippen LogP) is 3.98. The SMILES string of the molecule is CC(=O)N[C@@H](C)c1cc(C2CC(Oc3ccc(OC(C)C)cc3)C2)no1. The third-order valence-corrected chi connectivity index (χ3v) is 4.40. The van der Waals surface area contributed by atoms with Gasteiger partial charge in [0.1, 0.15) is 11.5 Å². The fraction of sp³-hybridized carbons (Fsp3) is 0.500. The van der Waals surface area contributed by atoms with Gasteiger partial charge in [0.25, 0.3) is 0 Å².